The van der Waals surface area contributed by atoms with Crippen molar-refractivity contribution in [3.05, 3.63) is 30.1 Å². The van der Waals surface area contributed by atoms with Crippen LogP contribution in [0.2, 0.25) is 0 Å². The molecule has 8 heteroatoms. The van der Waals surface area contributed by atoms with E-state index in [1.165, 1.54) is 12.1 Å². The number of rotatable bonds is 5. The predicted molar refractivity (Wildman–Crippen MR) is 123 cm³/mol. The number of hydrogen-bond donors (Lipinski definition) is 1. The molecule has 2 fully saturated rings. The van der Waals surface area contributed by atoms with Crippen molar-refractivity contribution in [3.8, 4) is 0 Å². The minimum atomic E-state index is -0.474. The molecule has 0 aliphatic carbocycles. The van der Waals surface area contributed by atoms with Gasteiger partial charge in [0.05, 0.1) is 6.04 Å². The summed E-state index contributed by atoms with van der Waals surface area (Å²) < 4.78 is 18.9. The monoisotopic (exact) mass is 448 g/mol. The summed E-state index contributed by atoms with van der Waals surface area (Å²) in [7, 11) is 0. The Hall–Kier alpha value is -2.19. The fraction of sp³-hybridized carbons (Fsp3) is 0.667. The van der Waals surface area contributed by atoms with E-state index in [2.05, 4.69) is 15.1 Å². The molecule has 2 aliphatic rings. The molecular formula is C24H37FN4O3. The summed E-state index contributed by atoms with van der Waals surface area (Å²) in [6.45, 7) is 13.4. The van der Waals surface area contributed by atoms with Gasteiger partial charge in [0.15, 0.2) is 0 Å². The number of nitrogens with one attached hydrogen (secondary N) is 1. The fourth-order valence-corrected chi connectivity index (χ4v) is 4.38. The standard InChI is InChI=1S/C24H37FN4O3/c1-18(22(30)26-21-9-5-8-20(25)15-21)28-13-11-27(12-14-28)16-19-7-6-10-29(17-19)23(31)32-24(2,3)4/h5,8-9,15,18-19H,6-7,10-14,16-17H2,1-4H3,(H,26,30)/t18-,19+/m0/s1. The Labute approximate surface area is 190 Å². The number of nitrogens with zero attached hydrogens (tertiary/aromatic N) is 3. The molecule has 2 amide bonds. The van der Waals surface area contributed by atoms with Gasteiger partial charge in [0, 0.05) is 51.5 Å². The molecule has 178 valence electrons. The summed E-state index contributed by atoms with van der Waals surface area (Å²) in [6.07, 6.45) is 1.90. The molecule has 3 rings (SSSR count). The van der Waals surface area contributed by atoms with Crippen LogP contribution in [0.15, 0.2) is 24.3 Å². The molecule has 2 aliphatic heterocycles. The molecule has 0 bridgehead atoms. The van der Waals surface area contributed by atoms with E-state index < -0.39 is 5.60 Å². The number of halogens is 1. The number of amides is 2. The van der Waals surface area contributed by atoms with Gasteiger partial charge >= 0.3 is 6.09 Å². The van der Waals surface area contributed by atoms with Gasteiger partial charge in [-0.1, -0.05) is 6.07 Å². The van der Waals surface area contributed by atoms with E-state index in [1.807, 2.05) is 32.6 Å². The summed E-state index contributed by atoms with van der Waals surface area (Å²) in [6, 6.07) is 5.68. The molecule has 1 N–H and O–H groups in total. The maximum atomic E-state index is 13.4. The quantitative estimate of drug-likeness (QED) is 0.748. The lowest BCUT2D eigenvalue weighted by Crippen LogP contribution is -2.54. The van der Waals surface area contributed by atoms with Gasteiger partial charge in [0.2, 0.25) is 5.91 Å². The van der Waals surface area contributed by atoms with Gasteiger partial charge in [-0.25, -0.2) is 9.18 Å². The van der Waals surface area contributed by atoms with Crippen LogP contribution in [0.25, 0.3) is 0 Å². The van der Waals surface area contributed by atoms with Crippen LogP contribution >= 0.6 is 0 Å². The molecule has 2 heterocycles. The number of benzene rings is 1. The lowest BCUT2D eigenvalue weighted by Gasteiger charge is -2.40. The van der Waals surface area contributed by atoms with Crippen LogP contribution in [-0.4, -0.2) is 84.2 Å². The largest absolute Gasteiger partial charge is 0.444 e. The second-order valence-electron chi connectivity index (χ2n) is 9.95. The molecule has 32 heavy (non-hydrogen) atoms. The van der Waals surface area contributed by atoms with Crippen molar-refractivity contribution in [1.82, 2.24) is 14.7 Å². The normalized spacial score (nSPS) is 21.8. The Morgan fingerprint density at radius 1 is 1.19 bits per heavy atom. The Morgan fingerprint density at radius 2 is 1.91 bits per heavy atom. The number of ether oxygens (including phenoxy) is 1. The zero-order chi connectivity index (χ0) is 23.3. The van der Waals surface area contributed by atoms with Gasteiger partial charge < -0.3 is 19.9 Å². The third kappa shape index (κ3) is 7.17. The first-order chi connectivity index (χ1) is 15.1. The zero-order valence-electron chi connectivity index (χ0n) is 19.8. The maximum absolute atomic E-state index is 13.4. The minimum Gasteiger partial charge on any atom is -0.444 e. The summed E-state index contributed by atoms with van der Waals surface area (Å²) in [5, 5.41) is 2.80. The van der Waals surface area contributed by atoms with E-state index in [1.54, 1.807) is 12.1 Å². The van der Waals surface area contributed by atoms with Crippen molar-refractivity contribution in [1.29, 1.82) is 0 Å². The van der Waals surface area contributed by atoms with Gasteiger partial charge in [0.1, 0.15) is 11.4 Å². The van der Waals surface area contributed by atoms with Crippen LogP contribution in [-0.2, 0) is 9.53 Å². The first-order valence-corrected chi connectivity index (χ1v) is 11.6. The average Bonchev–Trinajstić information content (AvgIpc) is 2.73. The number of carbonyl (C=O) groups excluding carboxylic acids is 2. The van der Waals surface area contributed by atoms with Crippen molar-refractivity contribution in [2.75, 3.05) is 51.1 Å². The van der Waals surface area contributed by atoms with Crippen molar-refractivity contribution in [2.45, 2.75) is 52.2 Å². The number of carbonyl (C=O) groups is 2. The average molecular weight is 449 g/mol. The highest BCUT2D eigenvalue weighted by Crippen LogP contribution is 2.21. The highest BCUT2D eigenvalue weighted by molar-refractivity contribution is 5.94. The highest BCUT2D eigenvalue weighted by atomic mass is 19.1. The molecule has 7 nitrogen and oxygen atoms in total. The molecule has 0 saturated carbocycles. The summed E-state index contributed by atoms with van der Waals surface area (Å²) in [5.41, 5.74) is 0.00481. The lowest BCUT2D eigenvalue weighted by atomic mass is 9.97. The highest BCUT2D eigenvalue weighted by Gasteiger charge is 2.30. The predicted octanol–water partition coefficient (Wildman–Crippen LogP) is 3.42. The molecule has 2 atom stereocenters. The Bertz CT molecular complexity index is 790. The van der Waals surface area contributed by atoms with E-state index in [0.29, 0.717) is 11.6 Å². The van der Waals surface area contributed by atoms with Crippen molar-refractivity contribution < 1.29 is 18.7 Å². The van der Waals surface area contributed by atoms with E-state index in [9.17, 15) is 14.0 Å². The van der Waals surface area contributed by atoms with Crippen molar-refractivity contribution >= 4 is 17.7 Å². The van der Waals surface area contributed by atoms with Crippen molar-refractivity contribution in [3.63, 3.8) is 0 Å². The number of piperazine rings is 1. The van der Waals surface area contributed by atoms with Gasteiger partial charge in [-0.05, 0) is 64.7 Å². The fourth-order valence-electron chi connectivity index (χ4n) is 4.38. The molecule has 0 radical (unpaired) electrons. The third-order valence-electron chi connectivity index (χ3n) is 6.11. The van der Waals surface area contributed by atoms with Crippen LogP contribution in [0.1, 0.15) is 40.5 Å². The molecule has 0 aromatic heterocycles. The minimum absolute atomic E-state index is 0.121. The van der Waals surface area contributed by atoms with E-state index >= 15 is 0 Å². The second kappa shape index (κ2) is 10.6. The van der Waals surface area contributed by atoms with Gasteiger partial charge in [-0.3, -0.25) is 9.69 Å². The third-order valence-corrected chi connectivity index (χ3v) is 6.11. The molecule has 1 aromatic rings. The smallest absolute Gasteiger partial charge is 0.410 e. The van der Waals surface area contributed by atoms with Crippen LogP contribution in [0.4, 0.5) is 14.9 Å². The number of hydrogen-bond acceptors (Lipinski definition) is 5. The van der Waals surface area contributed by atoms with E-state index in [4.69, 9.17) is 4.74 Å². The molecule has 0 unspecified atom stereocenters. The van der Waals surface area contributed by atoms with Crippen molar-refractivity contribution in [2.24, 2.45) is 5.92 Å². The first-order valence-electron chi connectivity index (χ1n) is 11.6. The van der Waals surface area contributed by atoms with Crippen LogP contribution in [0.5, 0.6) is 0 Å². The van der Waals surface area contributed by atoms with Gasteiger partial charge in [-0.15, -0.1) is 0 Å². The Balaban J connectivity index is 1.43. The van der Waals surface area contributed by atoms with E-state index in [0.717, 1.165) is 58.7 Å². The van der Waals surface area contributed by atoms with Crippen LogP contribution in [0, 0.1) is 11.7 Å². The second-order valence-corrected chi connectivity index (χ2v) is 9.95. The van der Waals surface area contributed by atoms with Crippen LogP contribution < -0.4 is 5.32 Å². The number of likely N-dealkylation sites (tertiary alicyclic amines) is 1. The van der Waals surface area contributed by atoms with Gasteiger partial charge in [0.25, 0.3) is 0 Å². The van der Waals surface area contributed by atoms with Crippen LogP contribution in [0.3, 0.4) is 0 Å². The number of anilines is 1. The first kappa shape index (κ1) is 24.5. The molecular weight excluding hydrogens is 411 g/mol. The van der Waals surface area contributed by atoms with E-state index in [-0.39, 0.29) is 23.9 Å². The summed E-state index contributed by atoms with van der Waals surface area (Å²) in [5.74, 6) is -0.0436. The topological polar surface area (TPSA) is 65.1 Å². The molecule has 1 aromatic carbocycles. The summed E-state index contributed by atoms with van der Waals surface area (Å²) >= 11 is 0. The van der Waals surface area contributed by atoms with Gasteiger partial charge in [-0.2, -0.15) is 0 Å². The molecule has 2 saturated heterocycles. The number of piperidine rings is 1. The Kier molecular flexibility index (Phi) is 8.11. The summed E-state index contributed by atoms with van der Waals surface area (Å²) in [4.78, 5) is 31.4. The lowest BCUT2D eigenvalue weighted by molar-refractivity contribution is -0.121. The maximum Gasteiger partial charge on any atom is 0.410 e. The molecule has 0 spiro atoms. The Morgan fingerprint density at radius 3 is 2.56 bits per heavy atom. The SMILES string of the molecule is C[C@@H](C(=O)Nc1cccc(F)c1)N1CCN(C[C@H]2CCCN(C(=O)OC(C)(C)C)C2)CC1. The zero-order valence-corrected chi connectivity index (χ0v) is 19.8.